The van der Waals surface area contributed by atoms with E-state index in [1.54, 1.807) is 24.3 Å². The van der Waals surface area contributed by atoms with E-state index >= 15 is 0 Å². The van der Waals surface area contributed by atoms with E-state index in [-0.39, 0.29) is 11.4 Å². The van der Waals surface area contributed by atoms with Crippen LogP contribution in [0, 0.1) is 18.9 Å². The van der Waals surface area contributed by atoms with Crippen molar-refractivity contribution in [3.05, 3.63) is 102 Å². The van der Waals surface area contributed by atoms with Crippen LogP contribution in [0.25, 0.3) is 0 Å². The molecule has 0 saturated heterocycles. The van der Waals surface area contributed by atoms with E-state index in [4.69, 9.17) is 0 Å². The minimum absolute atomic E-state index is 0.0912. The summed E-state index contributed by atoms with van der Waals surface area (Å²) in [5, 5.41) is 0. The van der Waals surface area contributed by atoms with Crippen molar-refractivity contribution < 1.29 is 12.6 Å². The Hall–Kier alpha value is -2.92. The van der Waals surface area contributed by atoms with Crippen molar-refractivity contribution in [2.45, 2.75) is 49.9 Å². The molecule has 34 heavy (non-hydrogen) atoms. The molecule has 0 unspecified atom stereocenters. The summed E-state index contributed by atoms with van der Waals surface area (Å²) in [5.41, 5.74) is 2.59. The van der Waals surface area contributed by atoms with Gasteiger partial charge in [-0.1, -0.05) is 84.3 Å². The van der Waals surface area contributed by atoms with Crippen LogP contribution >= 0.6 is 0 Å². The lowest BCUT2D eigenvalue weighted by molar-refractivity contribution is 0.508. The van der Waals surface area contributed by atoms with Crippen LogP contribution in [0.4, 0.5) is 0 Å². The van der Waals surface area contributed by atoms with E-state index in [9.17, 15) is 12.6 Å². The third-order valence-electron chi connectivity index (χ3n) is 5.03. The summed E-state index contributed by atoms with van der Waals surface area (Å²) in [6.45, 7) is 7.61. The molecule has 5 nitrogen and oxygen atoms in total. The monoisotopic (exact) mass is 494 g/mol. The van der Waals surface area contributed by atoms with Crippen LogP contribution in [0.15, 0.2) is 89.8 Å². The predicted octanol–water partition coefficient (Wildman–Crippen LogP) is 4.94. The second kappa shape index (κ2) is 11.0. The number of sulfonamides is 1. The molecular weight excluding hydrogens is 464 g/mol. The Morgan fingerprint density at radius 3 is 2.03 bits per heavy atom. The maximum absolute atomic E-state index is 13.5. The van der Waals surface area contributed by atoms with Gasteiger partial charge >= 0.3 is 0 Å². The van der Waals surface area contributed by atoms with Gasteiger partial charge in [-0.15, -0.1) is 0 Å². The van der Waals surface area contributed by atoms with E-state index in [2.05, 4.69) is 16.7 Å². The zero-order valence-corrected chi connectivity index (χ0v) is 21.5. The molecule has 0 aliphatic carbocycles. The van der Waals surface area contributed by atoms with E-state index < -0.39 is 31.8 Å². The highest BCUT2D eigenvalue weighted by Gasteiger charge is 2.25. The first kappa shape index (κ1) is 25.7. The van der Waals surface area contributed by atoms with Crippen LogP contribution in [0.3, 0.4) is 0 Å². The van der Waals surface area contributed by atoms with Crippen LogP contribution in [0.1, 0.15) is 43.5 Å². The van der Waals surface area contributed by atoms with Gasteiger partial charge in [-0.3, -0.25) is 0 Å². The Morgan fingerprint density at radius 1 is 0.912 bits per heavy atom. The zero-order valence-electron chi connectivity index (χ0n) is 19.9. The van der Waals surface area contributed by atoms with Crippen LogP contribution in [-0.4, -0.2) is 21.7 Å². The van der Waals surface area contributed by atoms with Crippen LogP contribution in [0.5, 0.6) is 0 Å². The van der Waals surface area contributed by atoms with Crippen LogP contribution in [0.2, 0.25) is 0 Å². The third kappa shape index (κ3) is 6.80. The van der Waals surface area contributed by atoms with Gasteiger partial charge in [0.1, 0.15) is 6.04 Å². The molecule has 0 radical (unpaired) electrons. The largest absolute Gasteiger partial charge is 0.271 e. The second-order valence-corrected chi connectivity index (χ2v) is 12.8. The number of aryl methyl sites for hydroxylation is 1. The fourth-order valence-corrected chi connectivity index (χ4v) is 5.01. The number of hydrogen-bond acceptors (Lipinski definition) is 3. The molecule has 0 bridgehead atoms. The standard InChI is InChI=1S/C27H30N2O3S2/c1-22-15-17-25(18-16-22)34(31,32)29(21-23-11-7-5-8-12-23)20-19-26(24-13-9-6-10-14-24)28-33(30)27(2,3)4/h5-18,26,28H,21H2,1-4H3/t26-,33+/m1/s1. The molecule has 0 aromatic heterocycles. The van der Waals surface area contributed by atoms with Gasteiger partial charge in [0.05, 0.1) is 27.2 Å². The topological polar surface area (TPSA) is 66.5 Å². The Balaban J connectivity index is 2.04. The maximum Gasteiger partial charge on any atom is 0.271 e. The van der Waals surface area contributed by atoms with Gasteiger partial charge in [-0.25, -0.2) is 21.7 Å². The number of rotatable bonds is 7. The molecule has 0 heterocycles. The average Bonchev–Trinajstić information content (AvgIpc) is 2.81. The molecule has 7 heteroatoms. The molecule has 3 aromatic carbocycles. The van der Waals surface area contributed by atoms with E-state index in [0.717, 1.165) is 21.0 Å². The van der Waals surface area contributed by atoms with Crippen molar-refractivity contribution in [2.24, 2.45) is 0 Å². The highest BCUT2D eigenvalue weighted by Crippen LogP contribution is 2.20. The van der Waals surface area contributed by atoms with Gasteiger partial charge in [-0.05, 0) is 51.0 Å². The summed E-state index contributed by atoms with van der Waals surface area (Å²) >= 11 is 0. The van der Waals surface area contributed by atoms with Gasteiger partial charge < -0.3 is 0 Å². The van der Waals surface area contributed by atoms with Crippen molar-refractivity contribution in [1.29, 1.82) is 0 Å². The SMILES string of the molecule is Cc1ccc(S(=O)(=O)N(C#C[C@@H](N[S@@](=O)C(C)(C)C)c2ccccc2)Cc2ccccc2)cc1. The van der Waals surface area contributed by atoms with Crippen molar-refractivity contribution in [2.75, 3.05) is 0 Å². The number of nitrogens with one attached hydrogen (secondary N) is 1. The number of nitrogens with zero attached hydrogens (tertiary/aromatic N) is 1. The van der Waals surface area contributed by atoms with E-state index in [1.165, 1.54) is 0 Å². The lowest BCUT2D eigenvalue weighted by Gasteiger charge is -2.22. The Bertz CT molecular complexity index is 1270. The van der Waals surface area contributed by atoms with Gasteiger partial charge in [0, 0.05) is 6.04 Å². The molecule has 2 atom stereocenters. The van der Waals surface area contributed by atoms with Crippen molar-refractivity contribution >= 4 is 21.0 Å². The summed E-state index contributed by atoms with van der Waals surface area (Å²) in [7, 11) is -5.30. The highest BCUT2D eigenvalue weighted by atomic mass is 32.2. The van der Waals surface area contributed by atoms with Gasteiger partial charge in [0.15, 0.2) is 0 Å². The molecule has 0 spiro atoms. The first-order valence-electron chi connectivity index (χ1n) is 10.9. The minimum atomic E-state index is -3.89. The highest BCUT2D eigenvalue weighted by molar-refractivity contribution is 7.89. The lowest BCUT2D eigenvalue weighted by Crippen LogP contribution is -2.35. The second-order valence-electron chi connectivity index (χ2n) is 8.91. The molecule has 0 amide bonds. The molecule has 0 saturated carbocycles. The summed E-state index contributed by atoms with van der Waals surface area (Å²) in [6, 6.07) is 27.7. The first-order chi connectivity index (χ1) is 16.1. The molecule has 0 aliphatic heterocycles. The average molecular weight is 495 g/mol. The normalized spacial score (nSPS) is 13.4. The Labute approximate surface area is 205 Å². The van der Waals surface area contributed by atoms with Crippen LogP contribution < -0.4 is 4.72 Å². The van der Waals surface area contributed by atoms with Crippen molar-refractivity contribution in [3.8, 4) is 12.0 Å². The molecule has 178 valence electrons. The smallest absolute Gasteiger partial charge is 0.242 e. The Morgan fingerprint density at radius 2 is 1.47 bits per heavy atom. The molecule has 3 rings (SSSR count). The molecule has 0 fully saturated rings. The summed E-state index contributed by atoms with van der Waals surface area (Å²) in [4.78, 5) is 0.172. The van der Waals surface area contributed by atoms with Gasteiger partial charge in [0.25, 0.3) is 10.0 Å². The van der Waals surface area contributed by atoms with E-state index in [0.29, 0.717) is 0 Å². The predicted molar refractivity (Wildman–Crippen MR) is 138 cm³/mol. The quantitative estimate of drug-likeness (QED) is 0.374. The number of hydrogen-bond donors (Lipinski definition) is 1. The molecule has 1 N–H and O–H groups in total. The summed E-state index contributed by atoms with van der Waals surface area (Å²) in [5.74, 6) is 3.04. The zero-order chi connectivity index (χ0) is 24.8. The first-order valence-corrected chi connectivity index (χ1v) is 13.5. The molecule has 3 aromatic rings. The summed E-state index contributed by atoms with van der Waals surface area (Å²) in [6.07, 6.45) is 0. The molecule has 0 aliphatic rings. The fourth-order valence-electron chi connectivity index (χ4n) is 3.02. The number of benzene rings is 3. The van der Waals surface area contributed by atoms with E-state index in [1.807, 2.05) is 88.4 Å². The van der Waals surface area contributed by atoms with Crippen LogP contribution in [-0.2, 0) is 27.6 Å². The summed E-state index contributed by atoms with van der Waals surface area (Å²) < 4.78 is 43.6. The Kier molecular flexibility index (Phi) is 8.32. The lowest BCUT2D eigenvalue weighted by atomic mass is 10.1. The van der Waals surface area contributed by atoms with Gasteiger partial charge in [-0.2, -0.15) is 0 Å². The fraction of sp³-hybridized carbons (Fsp3) is 0.259. The van der Waals surface area contributed by atoms with Crippen molar-refractivity contribution in [3.63, 3.8) is 0 Å². The van der Waals surface area contributed by atoms with Crippen molar-refractivity contribution in [1.82, 2.24) is 9.03 Å². The maximum atomic E-state index is 13.5. The van der Waals surface area contributed by atoms with Gasteiger partial charge in [0.2, 0.25) is 0 Å². The third-order valence-corrected chi connectivity index (χ3v) is 8.26. The molecular formula is C27H30N2O3S2. The minimum Gasteiger partial charge on any atom is -0.242 e.